The molecular weight excluding hydrogens is 384 g/mol. The molecule has 8 heteroatoms. The second-order valence-corrected chi connectivity index (χ2v) is 6.86. The Labute approximate surface area is 172 Å². The number of aromatic nitrogens is 3. The highest BCUT2D eigenvalue weighted by molar-refractivity contribution is 6.06. The van der Waals surface area contributed by atoms with E-state index < -0.39 is 0 Å². The summed E-state index contributed by atoms with van der Waals surface area (Å²) in [5.41, 5.74) is 1.99. The number of carbonyl (C=O) groups is 1. The molecule has 0 saturated heterocycles. The Hall–Kier alpha value is -3.81. The molecule has 2 aromatic heterocycles. The summed E-state index contributed by atoms with van der Waals surface area (Å²) in [5.74, 6) is 1.02. The van der Waals surface area contributed by atoms with Crippen LogP contribution in [-0.4, -0.2) is 41.4 Å². The zero-order valence-electron chi connectivity index (χ0n) is 16.8. The molecule has 2 aromatic carbocycles. The normalized spacial score (nSPS) is 11.0. The number of hydrogen-bond acceptors (Lipinski definition) is 5. The van der Waals surface area contributed by atoms with Gasteiger partial charge in [-0.3, -0.25) is 9.59 Å². The third-order valence-corrected chi connectivity index (χ3v) is 5.00. The van der Waals surface area contributed by atoms with Gasteiger partial charge in [0.2, 0.25) is 5.91 Å². The van der Waals surface area contributed by atoms with Gasteiger partial charge in [-0.2, -0.15) is 5.10 Å². The van der Waals surface area contributed by atoms with Crippen molar-refractivity contribution in [3.63, 3.8) is 0 Å². The Kier molecular flexibility index (Phi) is 5.38. The molecule has 4 rings (SSSR count). The van der Waals surface area contributed by atoms with Gasteiger partial charge in [-0.05, 0) is 30.2 Å². The van der Waals surface area contributed by atoms with Crippen molar-refractivity contribution in [2.45, 2.75) is 13.0 Å². The van der Waals surface area contributed by atoms with Gasteiger partial charge in [0.25, 0.3) is 5.56 Å². The van der Waals surface area contributed by atoms with E-state index in [1.165, 1.54) is 4.68 Å². The Morgan fingerprint density at radius 1 is 1.10 bits per heavy atom. The molecule has 1 amide bonds. The molecule has 0 fully saturated rings. The van der Waals surface area contributed by atoms with Gasteiger partial charge in [0.1, 0.15) is 12.1 Å². The standard InChI is InChI=1S/C22H22N4O4/c1-29-18-8-7-14(11-19(18)30-2)9-10-23-20(27)13-26-22(28)21-16(12-24-26)15-5-3-4-6-17(15)25-21/h3-8,11-12,25H,9-10,13H2,1-2H3,(H,23,27). The Bertz CT molecular complexity index is 1280. The molecular formula is C22H22N4O4. The molecule has 0 atom stereocenters. The van der Waals surface area contributed by atoms with Gasteiger partial charge >= 0.3 is 0 Å². The van der Waals surface area contributed by atoms with Crippen LogP contribution in [0.5, 0.6) is 11.5 Å². The fourth-order valence-corrected chi connectivity index (χ4v) is 3.46. The molecule has 2 heterocycles. The van der Waals surface area contributed by atoms with Gasteiger partial charge in [-0.25, -0.2) is 4.68 Å². The number of nitrogens with zero attached hydrogens (tertiary/aromatic N) is 2. The van der Waals surface area contributed by atoms with Crippen molar-refractivity contribution in [3.05, 3.63) is 64.6 Å². The van der Waals surface area contributed by atoms with Gasteiger partial charge in [0.15, 0.2) is 11.5 Å². The van der Waals surface area contributed by atoms with E-state index in [2.05, 4.69) is 15.4 Å². The zero-order chi connectivity index (χ0) is 21.1. The SMILES string of the molecule is COc1ccc(CCNC(=O)Cn2ncc3c([nH]c4ccccc43)c2=O)cc1OC. The predicted molar refractivity (Wildman–Crippen MR) is 114 cm³/mol. The lowest BCUT2D eigenvalue weighted by molar-refractivity contribution is -0.121. The maximum absolute atomic E-state index is 12.7. The molecule has 2 N–H and O–H groups in total. The summed E-state index contributed by atoms with van der Waals surface area (Å²) in [4.78, 5) is 28.2. The van der Waals surface area contributed by atoms with Gasteiger partial charge in [0, 0.05) is 22.8 Å². The molecule has 0 unspecified atom stereocenters. The molecule has 30 heavy (non-hydrogen) atoms. The number of H-pyrrole nitrogens is 1. The molecule has 0 aliphatic heterocycles. The van der Waals surface area contributed by atoms with Gasteiger partial charge in [-0.1, -0.05) is 24.3 Å². The Morgan fingerprint density at radius 2 is 1.90 bits per heavy atom. The molecule has 4 aromatic rings. The maximum atomic E-state index is 12.7. The average Bonchev–Trinajstić information content (AvgIpc) is 3.15. The van der Waals surface area contributed by atoms with Crippen LogP contribution < -0.4 is 20.3 Å². The number of rotatable bonds is 7. The number of hydrogen-bond donors (Lipinski definition) is 2. The van der Waals surface area contributed by atoms with Crippen molar-refractivity contribution in [1.82, 2.24) is 20.1 Å². The van der Waals surface area contributed by atoms with Crippen LogP contribution >= 0.6 is 0 Å². The first kappa shape index (κ1) is 19.5. The lowest BCUT2D eigenvalue weighted by Gasteiger charge is -2.10. The minimum absolute atomic E-state index is 0.143. The maximum Gasteiger partial charge on any atom is 0.291 e. The molecule has 0 aliphatic rings. The van der Waals surface area contributed by atoms with Crippen LogP contribution in [-0.2, 0) is 17.8 Å². The van der Waals surface area contributed by atoms with Crippen LogP contribution in [0.4, 0.5) is 0 Å². The van der Waals surface area contributed by atoms with Gasteiger partial charge in [-0.15, -0.1) is 0 Å². The highest BCUT2D eigenvalue weighted by Gasteiger charge is 2.12. The first-order chi connectivity index (χ1) is 14.6. The van der Waals surface area contributed by atoms with Crippen LogP contribution in [0.3, 0.4) is 0 Å². The number of ether oxygens (including phenoxy) is 2. The van der Waals surface area contributed by atoms with E-state index in [1.807, 2.05) is 42.5 Å². The minimum atomic E-state index is -0.321. The monoisotopic (exact) mass is 406 g/mol. The molecule has 154 valence electrons. The lowest BCUT2D eigenvalue weighted by atomic mass is 10.1. The highest BCUT2D eigenvalue weighted by Crippen LogP contribution is 2.27. The number of aromatic amines is 1. The summed E-state index contributed by atoms with van der Waals surface area (Å²) in [6, 6.07) is 13.3. The van der Waals surface area contributed by atoms with Crippen LogP contribution in [0.25, 0.3) is 21.8 Å². The van der Waals surface area contributed by atoms with Crippen molar-refractivity contribution in [3.8, 4) is 11.5 Å². The summed E-state index contributed by atoms with van der Waals surface area (Å²) >= 11 is 0. The molecule has 8 nitrogen and oxygen atoms in total. The molecule has 0 radical (unpaired) electrons. The second kappa shape index (κ2) is 8.28. The van der Waals surface area contributed by atoms with Crippen molar-refractivity contribution >= 4 is 27.7 Å². The number of carbonyl (C=O) groups excluding carboxylic acids is 1. The smallest absolute Gasteiger partial charge is 0.291 e. The van der Waals surface area contributed by atoms with E-state index in [0.29, 0.717) is 30.0 Å². The molecule has 0 spiro atoms. The summed E-state index contributed by atoms with van der Waals surface area (Å²) in [6.07, 6.45) is 2.24. The summed E-state index contributed by atoms with van der Waals surface area (Å²) < 4.78 is 11.7. The topological polar surface area (TPSA) is 98.2 Å². The minimum Gasteiger partial charge on any atom is -0.493 e. The van der Waals surface area contributed by atoms with E-state index in [0.717, 1.165) is 21.9 Å². The van der Waals surface area contributed by atoms with E-state index in [-0.39, 0.29) is 18.0 Å². The fourth-order valence-electron chi connectivity index (χ4n) is 3.46. The van der Waals surface area contributed by atoms with E-state index in [4.69, 9.17) is 9.47 Å². The number of fused-ring (bicyclic) bond motifs is 3. The second-order valence-electron chi connectivity index (χ2n) is 6.86. The molecule has 0 bridgehead atoms. The quantitative estimate of drug-likeness (QED) is 0.491. The largest absolute Gasteiger partial charge is 0.493 e. The first-order valence-corrected chi connectivity index (χ1v) is 9.55. The lowest BCUT2D eigenvalue weighted by Crippen LogP contribution is -2.34. The van der Waals surface area contributed by atoms with Gasteiger partial charge < -0.3 is 19.8 Å². The van der Waals surface area contributed by atoms with Crippen molar-refractivity contribution < 1.29 is 14.3 Å². The van der Waals surface area contributed by atoms with Crippen molar-refractivity contribution in [1.29, 1.82) is 0 Å². The fraction of sp³-hybridized carbons (Fsp3) is 0.227. The van der Waals surface area contributed by atoms with Crippen LogP contribution in [0.15, 0.2) is 53.5 Å². The highest BCUT2D eigenvalue weighted by atomic mass is 16.5. The van der Waals surface area contributed by atoms with E-state index in [1.54, 1.807) is 20.4 Å². The first-order valence-electron chi connectivity index (χ1n) is 9.55. The van der Waals surface area contributed by atoms with Crippen molar-refractivity contribution in [2.75, 3.05) is 20.8 Å². The third-order valence-electron chi connectivity index (χ3n) is 5.00. The Balaban J connectivity index is 1.42. The third kappa shape index (κ3) is 3.71. The van der Waals surface area contributed by atoms with E-state index in [9.17, 15) is 9.59 Å². The number of methoxy groups -OCH3 is 2. The summed E-state index contributed by atoms with van der Waals surface area (Å²) in [7, 11) is 3.17. The molecule has 0 saturated carbocycles. The van der Waals surface area contributed by atoms with Crippen LogP contribution in [0, 0.1) is 0 Å². The van der Waals surface area contributed by atoms with Crippen LogP contribution in [0.2, 0.25) is 0 Å². The number of nitrogens with one attached hydrogen (secondary N) is 2. The summed E-state index contributed by atoms with van der Waals surface area (Å²) in [5, 5.41) is 8.68. The van der Waals surface area contributed by atoms with Gasteiger partial charge in [0.05, 0.1) is 20.4 Å². The summed E-state index contributed by atoms with van der Waals surface area (Å²) in [6.45, 7) is 0.285. The zero-order valence-corrected chi connectivity index (χ0v) is 16.8. The number of benzene rings is 2. The van der Waals surface area contributed by atoms with Crippen molar-refractivity contribution in [2.24, 2.45) is 0 Å². The number of para-hydroxylation sites is 1. The molecule has 0 aliphatic carbocycles. The predicted octanol–water partition coefficient (Wildman–Crippen LogP) is 2.25. The number of amides is 1. The Morgan fingerprint density at radius 3 is 2.70 bits per heavy atom. The van der Waals surface area contributed by atoms with E-state index >= 15 is 0 Å². The van der Waals surface area contributed by atoms with Crippen LogP contribution in [0.1, 0.15) is 5.56 Å². The average molecular weight is 406 g/mol.